The molecule has 0 amide bonds. The topological polar surface area (TPSA) is 125 Å². The molecule has 0 aromatic heterocycles. The van der Waals surface area contributed by atoms with Crippen LogP contribution in [0.25, 0.3) is 0 Å². The van der Waals surface area contributed by atoms with Crippen molar-refractivity contribution >= 4 is 39.8 Å². The van der Waals surface area contributed by atoms with Gasteiger partial charge in [0.05, 0.1) is 11.2 Å². The number of halogens is 1. The first-order valence-electron chi connectivity index (χ1n) is 16.8. The highest BCUT2D eigenvalue weighted by Crippen LogP contribution is 2.72. The summed E-state index contributed by atoms with van der Waals surface area (Å²) >= 11 is 3.46. The molecule has 0 saturated heterocycles. The molecule has 0 bridgehead atoms. The Kier molecular flexibility index (Phi) is 8.85. The largest absolute Gasteiger partial charge is 0.462 e. The van der Waals surface area contributed by atoms with Crippen LogP contribution >= 0.6 is 15.9 Å². The highest BCUT2D eigenvalue weighted by atomic mass is 79.9. The first kappa shape index (κ1) is 34.6. The van der Waals surface area contributed by atoms with E-state index in [1.165, 1.54) is 19.9 Å². The van der Waals surface area contributed by atoms with Crippen LogP contribution in [0.3, 0.4) is 0 Å². The number of hydrogen-bond donors (Lipinski definition) is 1. The molecule has 4 aliphatic carbocycles. The number of carbonyl (C=O) groups excluding carboxylic acids is 4. The van der Waals surface area contributed by atoms with Crippen molar-refractivity contribution in [2.75, 3.05) is 6.61 Å². The summed E-state index contributed by atoms with van der Waals surface area (Å²) in [6.45, 7) is 13.1. The molecule has 6 rings (SSSR count). The second kappa shape index (κ2) is 12.3. The van der Waals surface area contributed by atoms with Gasteiger partial charge >= 0.3 is 23.9 Å². The molecule has 3 saturated carbocycles. The van der Waals surface area contributed by atoms with Crippen molar-refractivity contribution < 1.29 is 43.2 Å². The van der Waals surface area contributed by atoms with Crippen LogP contribution in [0.5, 0.6) is 0 Å². The predicted octanol–water partition coefficient (Wildman–Crippen LogP) is 6.28. The van der Waals surface area contributed by atoms with E-state index in [0.717, 1.165) is 5.57 Å². The van der Waals surface area contributed by atoms with Crippen LogP contribution in [0.1, 0.15) is 77.1 Å². The summed E-state index contributed by atoms with van der Waals surface area (Å²) in [6.07, 6.45) is 7.41. The number of esters is 4. The van der Waals surface area contributed by atoms with Crippen molar-refractivity contribution in [3.63, 3.8) is 0 Å². The van der Waals surface area contributed by atoms with Crippen LogP contribution in [0.15, 0.2) is 65.2 Å². The Morgan fingerprint density at radius 1 is 1.02 bits per heavy atom. The zero-order valence-corrected chi connectivity index (χ0v) is 29.8. The van der Waals surface area contributed by atoms with E-state index in [0.29, 0.717) is 42.1 Å². The van der Waals surface area contributed by atoms with E-state index >= 15 is 0 Å². The van der Waals surface area contributed by atoms with Gasteiger partial charge in [0, 0.05) is 47.6 Å². The first-order valence-corrected chi connectivity index (χ1v) is 17.6. The van der Waals surface area contributed by atoms with E-state index < -0.39 is 70.0 Å². The van der Waals surface area contributed by atoms with Gasteiger partial charge in [-0.25, -0.2) is 9.59 Å². The van der Waals surface area contributed by atoms with E-state index in [1.54, 1.807) is 18.2 Å². The van der Waals surface area contributed by atoms with Crippen molar-refractivity contribution in [1.29, 1.82) is 0 Å². The van der Waals surface area contributed by atoms with E-state index in [9.17, 15) is 24.3 Å². The monoisotopic (exact) mass is 724 g/mol. The number of hydrogen-bond acceptors (Lipinski definition) is 9. The predicted molar refractivity (Wildman–Crippen MR) is 179 cm³/mol. The normalized spacial score (nSPS) is 40.5. The molecule has 48 heavy (non-hydrogen) atoms. The third-order valence-corrected chi connectivity index (χ3v) is 13.4. The van der Waals surface area contributed by atoms with E-state index in [4.69, 9.17) is 18.9 Å². The lowest BCUT2D eigenvalue weighted by Crippen LogP contribution is -2.74. The van der Waals surface area contributed by atoms with Gasteiger partial charge in [0.25, 0.3) is 0 Å². The summed E-state index contributed by atoms with van der Waals surface area (Å²) in [6, 6.07) is 7.09. The van der Waals surface area contributed by atoms with Gasteiger partial charge in [-0.3, -0.25) is 9.59 Å². The Labute approximate surface area is 290 Å². The van der Waals surface area contributed by atoms with Crippen LogP contribution in [0.2, 0.25) is 0 Å². The molecule has 5 aliphatic rings. The molecule has 258 valence electrons. The molecule has 10 heteroatoms. The Morgan fingerprint density at radius 3 is 2.40 bits per heavy atom. The van der Waals surface area contributed by atoms with Crippen molar-refractivity contribution in [2.24, 2.45) is 39.9 Å². The molecule has 1 aliphatic heterocycles. The molecule has 1 heterocycles. The number of carbonyl (C=O) groups is 4. The third kappa shape index (κ3) is 5.29. The molecule has 0 radical (unpaired) electrons. The van der Waals surface area contributed by atoms with Crippen LogP contribution in [-0.2, 0) is 33.3 Å². The number of allylic oxidation sites excluding steroid dienone is 2. The lowest BCUT2D eigenvalue weighted by Gasteiger charge is -2.71. The van der Waals surface area contributed by atoms with Gasteiger partial charge in [0.2, 0.25) is 0 Å². The molecule has 0 spiro atoms. The summed E-state index contributed by atoms with van der Waals surface area (Å²) in [5.41, 5.74) is -2.23. The van der Waals surface area contributed by atoms with Gasteiger partial charge < -0.3 is 24.1 Å². The van der Waals surface area contributed by atoms with Crippen molar-refractivity contribution in [1.82, 2.24) is 0 Å². The standard InChI is InChI=1S/C38H45BrO9/c1-21-11-12-26-32(47-23(3)40)33(48-24(4)41)36(6)28-16-18-37(22(2)46-34(43)25-9-7-8-10-27(25)39)20-45-31(42)14-13-29(37)35(28,5)17-15-30(36)38(26,44)19-21/h7-14,22,26,28-30,32-33,44H,1,15-20H2,2-6H3/t22?,26?,28?,29-,30?,32+,33+,35+,36+,37-,38-/m0/s1. The quantitative estimate of drug-likeness (QED) is 0.276. The van der Waals surface area contributed by atoms with Crippen molar-refractivity contribution in [2.45, 2.75) is 90.6 Å². The lowest BCUT2D eigenvalue weighted by molar-refractivity contribution is -0.296. The van der Waals surface area contributed by atoms with Gasteiger partial charge in [-0.15, -0.1) is 0 Å². The van der Waals surface area contributed by atoms with Gasteiger partial charge in [-0.1, -0.05) is 56.4 Å². The van der Waals surface area contributed by atoms with E-state index in [2.05, 4.69) is 36.4 Å². The third-order valence-electron chi connectivity index (χ3n) is 12.7. The summed E-state index contributed by atoms with van der Waals surface area (Å²) < 4.78 is 24.8. The van der Waals surface area contributed by atoms with Gasteiger partial charge in [0.15, 0.2) is 0 Å². The maximum Gasteiger partial charge on any atom is 0.339 e. The van der Waals surface area contributed by atoms with E-state index in [1.807, 2.05) is 31.2 Å². The van der Waals surface area contributed by atoms with Crippen LogP contribution in [-0.4, -0.2) is 59.5 Å². The minimum atomic E-state index is -1.29. The molecular weight excluding hydrogens is 680 g/mol. The van der Waals surface area contributed by atoms with Crippen molar-refractivity contribution in [3.8, 4) is 0 Å². The Hall–Kier alpha value is -3.24. The highest BCUT2D eigenvalue weighted by Gasteiger charge is 2.74. The van der Waals surface area contributed by atoms with Crippen LogP contribution in [0.4, 0.5) is 0 Å². The average molecular weight is 726 g/mol. The van der Waals surface area contributed by atoms with Gasteiger partial charge in [-0.2, -0.15) is 0 Å². The molecule has 11 atom stereocenters. The second-order valence-corrected chi connectivity index (χ2v) is 15.9. The molecule has 1 N–H and O–H groups in total. The molecule has 1 aromatic rings. The number of fused-ring (bicyclic) bond motifs is 7. The van der Waals surface area contributed by atoms with Crippen LogP contribution in [0, 0.1) is 39.9 Å². The molecular formula is C38H45BrO9. The summed E-state index contributed by atoms with van der Waals surface area (Å²) in [7, 11) is 0. The fourth-order valence-electron chi connectivity index (χ4n) is 10.8. The van der Waals surface area contributed by atoms with Gasteiger partial charge in [0.1, 0.15) is 24.9 Å². The minimum Gasteiger partial charge on any atom is -0.462 e. The number of cyclic esters (lactones) is 1. The number of ether oxygens (including phenoxy) is 4. The summed E-state index contributed by atoms with van der Waals surface area (Å²) in [4.78, 5) is 51.7. The molecule has 1 aromatic carbocycles. The summed E-state index contributed by atoms with van der Waals surface area (Å²) in [5, 5.41) is 12.7. The maximum absolute atomic E-state index is 13.5. The van der Waals surface area contributed by atoms with Crippen molar-refractivity contribution in [3.05, 3.63) is 70.8 Å². The summed E-state index contributed by atoms with van der Waals surface area (Å²) in [5.74, 6) is -3.31. The zero-order valence-electron chi connectivity index (χ0n) is 28.2. The second-order valence-electron chi connectivity index (χ2n) is 15.1. The number of aliphatic hydroxyl groups is 1. The lowest BCUT2D eigenvalue weighted by atomic mass is 9.35. The SMILES string of the molecule is C=C1C=CC2[C@@H](OC(C)=O)[C@@H](OC(C)=O)[C@@]3(C)C(CC[C@]4(C)C3CC[C@@]3(C(C)OC(=O)c5ccccc5Br)COC(=O)C=C[C@H]34)[C@]2(O)C1. The minimum absolute atomic E-state index is 0.0659. The highest BCUT2D eigenvalue weighted by molar-refractivity contribution is 9.10. The fraction of sp³-hybridized carbons (Fsp3) is 0.579. The molecule has 4 unspecified atom stereocenters. The molecule has 9 nitrogen and oxygen atoms in total. The number of benzene rings is 1. The Morgan fingerprint density at radius 2 is 1.71 bits per heavy atom. The fourth-order valence-corrected chi connectivity index (χ4v) is 11.2. The Bertz CT molecular complexity index is 1600. The van der Waals surface area contributed by atoms with Crippen LogP contribution < -0.4 is 0 Å². The Balaban J connectivity index is 1.46. The number of rotatable bonds is 5. The zero-order chi connectivity index (χ0) is 34.8. The smallest absolute Gasteiger partial charge is 0.339 e. The maximum atomic E-state index is 13.5. The average Bonchev–Trinajstić information content (AvgIpc) is 3.18. The first-order chi connectivity index (χ1) is 22.6. The molecule has 3 fully saturated rings. The van der Waals surface area contributed by atoms with E-state index in [-0.39, 0.29) is 24.4 Å². The van der Waals surface area contributed by atoms with Gasteiger partial charge in [-0.05, 0) is 83.8 Å².